The smallest absolute Gasteiger partial charge is 0.201 e. The summed E-state index contributed by atoms with van der Waals surface area (Å²) >= 11 is 0. The minimum atomic E-state index is -0.965. The van der Waals surface area contributed by atoms with E-state index in [2.05, 4.69) is 6.92 Å². The van der Waals surface area contributed by atoms with Crippen LogP contribution in [0.3, 0.4) is 0 Å². The molecule has 2 aliphatic carbocycles. The third-order valence-electron chi connectivity index (χ3n) is 9.71. The van der Waals surface area contributed by atoms with Crippen molar-refractivity contribution in [2.75, 3.05) is 0 Å². The average Bonchev–Trinajstić information content (AvgIpc) is 2.91. The van der Waals surface area contributed by atoms with Crippen LogP contribution >= 0.6 is 0 Å². The van der Waals surface area contributed by atoms with Crippen LogP contribution in [-0.4, -0.2) is 6.10 Å². The molecule has 1 unspecified atom stereocenters. The molecule has 37 heavy (non-hydrogen) atoms. The normalized spacial score (nSPS) is 28.0. The summed E-state index contributed by atoms with van der Waals surface area (Å²) in [5.41, 5.74) is 1.83. The molecular formula is C33H43F3O. The van der Waals surface area contributed by atoms with Gasteiger partial charge in [-0.1, -0.05) is 57.6 Å². The first-order chi connectivity index (χ1) is 17.9. The van der Waals surface area contributed by atoms with E-state index in [1.165, 1.54) is 70.3 Å². The third-order valence-corrected chi connectivity index (χ3v) is 9.71. The van der Waals surface area contributed by atoms with Crippen molar-refractivity contribution in [2.24, 2.45) is 23.7 Å². The molecule has 0 N–H and O–H groups in total. The quantitative estimate of drug-likeness (QED) is 0.359. The molecule has 2 aromatic rings. The predicted octanol–water partition coefficient (Wildman–Crippen LogP) is 9.83. The lowest BCUT2D eigenvalue weighted by Crippen LogP contribution is -2.26. The Morgan fingerprint density at radius 1 is 0.784 bits per heavy atom. The Morgan fingerprint density at radius 2 is 1.43 bits per heavy atom. The minimum Gasteiger partial charge on any atom is -0.487 e. The van der Waals surface area contributed by atoms with Crippen molar-refractivity contribution in [1.29, 1.82) is 0 Å². The van der Waals surface area contributed by atoms with E-state index in [4.69, 9.17) is 4.74 Å². The second kappa shape index (κ2) is 11.8. The standard InChI is InChI=1S/C33H43F3O/c1-3-4-22-6-12-24(13-7-22)25-14-8-23(9-15-25)10-16-26-17-18-27(20-30(26)34)29-19-28-11-5-21(2)37-33(28)32(36)31(29)35/h17-25H,3-16H2,1-2H3. The molecule has 1 aliphatic heterocycles. The lowest BCUT2D eigenvalue weighted by molar-refractivity contribution is 0.141. The number of hydrogen-bond donors (Lipinski definition) is 0. The fourth-order valence-electron chi connectivity index (χ4n) is 7.39. The Hall–Kier alpha value is -1.97. The van der Waals surface area contributed by atoms with Gasteiger partial charge in [-0.05, 0) is 111 Å². The predicted molar refractivity (Wildman–Crippen MR) is 144 cm³/mol. The zero-order valence-corrected chi connectivity index (χ0v) is 22.6. The molecule has 2 fully saturated rings. The summed E-state index contributed by atoms with van der Waals surface area (Å²) in [4.78, 5) is 0. The van der Waals surface area contributed by atoms with Crippen molar-refractivity contribution in [3.8, 4) is 16.9 Å². The average molecular weight is 513 g/mol. The van der Waals surface area contributed by atoms with Gasteiger partial charge in [0.1, 0.15) is 5.82 Å². The van der Waals surface area contributed by atoms with Crippen LogP contribution < -0.4 is 4.74 Å². The largest absolute Gasteiger partial charge is 0.487 e. The number of ether oxygens (including phenoxy) is 1. The molecule has 1 heterocycles. The third kappa shape index (κ3) is 6.04. The number of hydrogen-bond acceptors (Lipinski definition) is 1. The van der Waals surface area contributed by atoms with Crippen LogP contribution in [0.1, 0.15) is 102 Å². The number of rotatable bonds is 7. The van der Waals surface area contributed by atoms with E-state index >= 15 is 4.39 Å². The minimum absolute atomic E-state index is 0.0102. The van der Waals surface area contributed by atoms with Crippen LogP contribution in [-0.2, 0) is 12.8 Å². The molecular weight excluding hydrogens is 469 g/mol. The van der Waals surface area contributed by atoms with Crippen LogP contribution in [0.5, 0.6) is 5.75 Å². The molecule has 2 aromatic carbocycles. The van der Waals surface area contributed by atoms with Gasteiger partial charge in [-0.25, -0.2) is 8.78 Å². The van der Waals surface area contributed by atoms with E-state index in [1.807, 2.05) is 6.92 Å². The van der Waals surface area contributed by atoms with Crippen LogP contribution in [0, 0.1) is 41.1 Å². The number of fused-ring (bicyclic) bond motifs is 1. The topological polar surface area (TPSA) is 9.23 Å². The molecule has 3 aliphatic rings. The fraction of sp³-hybridized carbons (Fsp3) is 0.636. The molecule has 0 radical (unpaired) electrons. The molecule has 0 bridgehead atoms. The van der Waals surface area contributed by atoms with Crippen molar-refractivity contribution in [1.82, 2.24) is 0 Å². The lowest BCUT2D eigenvalue weighted by Gasteiger charge is -2.38. The van der Waals surface area contributed by atoms with Crippen molar-refractivity contribution in [3.63, 3.8) is 0 Å². The van der Waals surface area contributed by atoms with Gasteiger partial charge in [-0.2, -0.15) is 4.39 Å². The molecule has 5 rings (SSSR count). The molecule has 2 saturated carbocycles. The van der Waals surface area contributed by atoms with Gasteiger partial charge in [0.25, 0.3) is 0 Å². The summed E-state index contributed by atoms with van der Waals surface area (Å²) in [7, 11) is 0. The fourth-order valence-corrected chi connectivity index (χ4v) is 7.39. The molecule has 0 saturated heterocycles. The van der Waals surface area contributed by atoms with Gasteiger partial charge in [0.15, 0.2) is 11.6 Å². The van der Waals surface area contributed by atoms with E-state index in [9.17, 15) is 8.78 Å². The Bertz CT molecular complexity index is 1060. The summed E-state index contributed by atoms with van der Waals surface area (Å²) in [6.45, 7) is 4.16. The summed E-state index contributed by atoms with van der Waals surface area (Å²) < 4.78 is 50.2. The molecule has 1 nitrogen and oxygen atoms in total. The number of aryl methyl sites for hydroxylation is 2. The highest BCUT2D eigenvalue weighted by Gasteiger charge is 2.31. The lowest BCUT2D eigenvalue weighted by atomic mass is 9.68. The van der Waals surface area contributed by atoms with Crippen molar-refractivity contribution in [2.45, 2.75) is 110 Å². The maximum Gasteiger partial charge on any atom is 0.201 e. The number of benzene rings is 2. The Kier molecular flexibility index (Phi) is 8.51. The molecule has 1 atom stereocenters. The van der Waals surface area contributed by atoms with Crippen LogP contribution in [0.2, 0.25) is 0 Å². The van der Waals surface area contributed by atoms with Crippen molar-refractivity contribution < 1.29 is 17.9 Å². The van der Waals surface area contributed by atoms with Crippen LogP contribution in [0.15, 0.2) is 24.3 Å². The van der Waals surface area contributed by atoms with Crippen LogP contribution in [0.4, 0.5) is 13.2 Å². The van der Waals surface area contributed by atoms with E-state index in [-0.39, 0.29) is 23.2 Å². The monoisotopic (exact) mass is 512 g/mol. The first kappa shape index (κ1) is 26.6. The van der Waals surface area contributed by atoms with Gasteiger partial charge in [0.2, 0.25) is 5.82 Å². The van der Waals surface area contributed by atoms with Gasteiger partial charge >= 0.3 is 0 Å². The molecule has 202 valence electrons. The maximum absolute atomic E-state index is 15.1. The van der Waals surface area contributed by atoms with E-state index < -0.39 is 11.6 Å². The summed E-state index contributed by atoms with van der Waals surface area (Å²) in [5.74, 6) is 1.23. The van der Waals surface area contributed by atoms with E-state index in [1.54, 1.807) is 18.2 Å². The molecule has 0 spiro atoms. The van der Waals surface area contributed by atoms with Gasteiger partial charge in [-0.3, -0.25) is 0 Å². The zero-order valence-electron chi connectivity index (χ0n) is 22.6. The van der Waals surface area contributed by atoms with Crippen LogP contribution in [0.25, 0.3) is 11.1 Å². The van der Waals surface area contributed by atoms with Gasteiger partial charge in [0.05, 0.1) is 6.10 Å². The van der Waals surface area contributed by atoms with Crippen molar-refractivity contribution >= 4 is 0 Å². The maximum atomic E-state index is 15.1. The molecule has 4 heteroatoms. The summed E-state index contributed by atoms with van der Waals surface area (Å²) in [6.07, 6.45) is 16.6. The highest BCUT2D eigenvalue weighted by Crippen LogP contribution is 2.43. The Balaban J connectivity index is 1.15. The highest BCUT2D eigenvalue weighted by atomic mass is 19.2. The van der Waals surface area contributed by atoms with Gasteiger partial charge in [-0.15, -0.1) is 0 Å². The van der Waals surface area contributed by atoms with Crippen molar-refractivity contribution in [3.05, 3.63) is 52.8 Å². The molecule has 0 amide bonds. The first-order valence-electron chi connectivity index (χ1n) is 14.9. The first-order valence-corrected chi connectivity index (χ1v) is 14.9. The molecule has 0 aromatic heterocycles. The number of halogens is 3. The summed E-state index contributed by atoms with van der Waals surface area (Å²) in [6, 6.07) is 6.50. The second-order valence-electron chi connectivity index (χ2n) is 12.2. The zero-order chi connectivity index (χ0) is 25.9. The second-order valence-corrected chi connectivity index (χ2v) is 12.2. The highest BCUT2D eigenvalue weighted by molar-refractivity contribution is 5.67. The SMILES string of the molecule is CCCC1CCC(C2CCC(CCc3ccc(-c4cc5c(c(F)c4F)OC(C)CC5)cc3F)CC2)CC1. The summed E-state index contributed by atoms with van der Waals surface area (Å²) in [5, 5.41) is 0. The van der Waals surface area contributed by atoms with E-state index in [0.717, 1.165) is 30.6 Å². The van der Waals surface area contributed by atoms with E-state index in [0.29, 0.717) is 35.4 Å². The Morgan fingerprint density at radius 3 is 2.05 bits per heavy atom. The van der Waals surface area contributed by atoms with Gasteiger partial charge in [0, 0.05) is 5.56 Å². The van der Waals surface area contributed by atoms with Gasteiger partial charge < -0.3 is 4.74 Å². The Labute approximate surface area is 221 Å².